The van der Waals surface area contributed by atoms with Crippen LogP contribution in [0, 0.1) is 0 Å². The van der Waals surface area contributed by atoms with Crippen molar-refractivity contribution < 1.29 is 9.90 Å². The molecule has 3 N–H and O–H groups in total. The highest BCUT2D eigenvalue weighted by Gasteiger charge is 2.09. The highest BCUT2D eigenvalue weighted by atomic mass is 16.4. The molecule has 0 amide bonds. The third-order valence-corrected chi connectivity index (χ3v) is 1.50. The van der Waals surface area contributed by atoms with Gasteiger partial charge in [0.05, 0.1) is 6.54 Å². The molecule has 0 unspecified atom stereocenters. The van der Waals surface area contributed by atoms with Crippen LogP contribution in [0.15, 0.2) is 12.4 Å². The first-order chi connectivity index (χ1) is 5.70. The van der Waals surface area contributed by atoms with E-state index in [0.29, 0.717) is 6.54 Å². The molecule has 0 aliphatic rings. The second-order valence-electron chi connectivity index (χ2n) is 2.48. The quantitative estimate of drug-likeness (QED) is 0.591. The fraction of sp³-hybridized carbons (Fsp3) is 0.429. The first-order valence-corrected chi connectivity index (χ1v) is 3.64. The molecule has 1 aromatic heterocycles. The van der Waals surface area contributed by atoms with Gasteiger partial charge >= 0.3 is 5.97 Å². The lowest BCUT2D eigenvalue weighted by atomic mass is 10.3. The lowest BCUT2D eigenvalue weighted by Crippen LogP contribution is -2.33. The number of nitrogens with zero attached hydrogens (tertiary/aromatic N) is 1. The molecule has 1 atom stereocenters. The van der Waals surface area contributed by atoms with Crippen LogP contribution in [0.3, 0.4) is 0 Å². The molecule has 0 bridgehead atoms. The van der Waals surface area contributed by atoms with Gasteiger partial charge in [-0.3, -0.25) is 10.1 Å². The van der Waals surface area contributed by atoms with E-state index in [0.717, 1.165) is 5.82 Å². The van der Waals surface area contributed by atoms with Crippen molar-refractivity contribution in [3.05, 3.63) is 18.2 Å². The lowest BCUT2D eigenvalue weighted by Gasteiger charge is -2.06. The van der Waals surface area contributed by atoms with Gasteiger partial charge in [0.1, 0.15) is 11.9 Å². The molecule has 0 aliphatic carbocycles. The Morgan fingerprint density at radius 1 is 1.92 bits per heavy atom. The third-order valence-electron chi connectivity index (χ3n) is 1.50. The van der Waals surface area contributed by atoms with E-state index in [-0.39, 0.29) is 0 Å². The van der Waals surface area contributed by atoms with Gasteiger partial charge in [0, 0.05) is 12.4 Å². The molecule has 1 aromatic rings. The average molecular weight is 169 g/mol. The molecule has 1 heterocycles. The molecule has 0 saturated heterocycles. The average Bonchev–Trinajstić information content (AvgIpc) is 2.51. The van der Waals surface area contributed by atoms with Crippen LogP contribution < -0.4 is 5.32 Å². The Bertz CT molecular complexity index is 245. The van der Waals surface area contributed by atoms with Crippen molar-refractivity contribution in [1.29, 1.82) is 0 Å². The molecule has 1 rings (SSSR count). The zero-order valence-electron chi connectivity index (χ0n) is 6.74. The predicted octanol–water partition coefficient (Wildman–Crippen LogP) is -0.0276. The topological polar surface area (TPSA) is 78.0 Å². The number of aromatic nitrogens is 2. The monoisotopic (exact) mass is 169 g/mol. The lowest BCUT2D eigenvalue weighted by molar-refractivity contribution is -0.139. The fourth-order valence-corrected chi connectivity index (χ4v) is 0.732. The molecule has 0 saturated carbocycles. The Labute approximate surface area is 69.8 Å². The van der Waals surface area contributed by atoms with Crippen LogP contribution in [0.2, 0.25) is 0 Å². The summed E-state index contributed by atoms with van der Waals surface area (Å²) in [5.41, 5.74) is 0. The van der Waals surface area contributed by atoms with Crippen molar-refractivity contribution >= 4 is 5.97 Å². The van der Waals surface area contributed by atoms with Crippen LogP contribution in [-0.4, -0.2) is 27.1 Å². The minimum atomic E-state index is -0.860. The van der Waals surface area contributed by atoms with E-state index in [1.54, 1.807) is 19.3 Å². The normalized spacial score (nSPS) is 12.8. The maximum atomic E-state index is 10.4. The molecule has 0 aliphatic heterocycles. The molecule has 66 valence electrons. The predicted molar refractivity (Wildman–Crippen MR) is 42.5 cm³/mol. The molecule has 0 fully saturated rings. The minimum absolute atomic E-state index is 0.445. The minimum Gasteiger partial charge on any atom is -0.480 e. The maximum absolute atomic E-state index is 10.4. The Morgan fingerprint density at radius 3 is 3.17 bits per heavy atom. The molecule has 12 heavy (non-hydrogen) atoms. The number of aromatic amines is 1. The number of rotatable bonds is 4. The Kier molecular flexibility index (Phi) is 2.82. The van der Waals surface area contributed by atoms with Gasteiger partial charge < -0.3 is 10.1 Å². The number of carbonyl (C=O) groups is 1. The van der Waals surface area contributed by atoms with Crippen molar-refractivity contribution in [1.82, 2.24) is 15.3 Å². The van der Waals surface area contributed by atoms with Crippen LogP contribution in [-0.2, 0) is 11.3 Å². The van der Waals surface area contributed by atoms with E-state index in [9.17, 15) is 4.79 Å². The molecule has 5 heteroatoms. The first kappa shape index (κ1) is 8.73. The summed E-state index contributed by atoms with van der Waals surface area (Å²) in [7, 11) is 0. The van der Waals surface area contributed by atoms with Crippen LogP contribution in [0.5, 0.6) is 0 Å². The molecule has 0 aromatic carbocycles. The number of imidazole rings is 1. The summed E-state index contributed by atoms with van der Waals surface area (Å²) >= 11 is 0. The van der Waals surface area contributed by atoms with Crippen molar-refractivity contribution in [2.24, 2.45) is 0 Å². The molecule has 0 radical (unpaired) electrons. The van der Waals surface area contributed by atoms with Crippen molar-refractivity contribution in [3.8, 4) is 0 Å². The number of hydrogen-bond acceptors (Lipinski definition) is 3. The zero-order chi connectivity index (χ0) is 8.97. The van der Waals surface area contributed by atoms with Crippen molar-refractivity contribution in [2.45, 2.75) is 19.5 Å². The summed E-state index contributed by atoms with van der Waals surface area (Å²) in [6.45, 7) is 2.03. The second kappa shape index (κ2) is 3.87. The Morgan fingerprint density at radius 2 is 2.67 bits per heavy atom. The van der Waals surface area contributed by atoms with E-state index in [1.807, 2.05) is 0 Å². The zero-order valence-corrected chi connectivity index (χ0v) is 6.74. The number of aliphatic carboxylic acids is 1. The summed E-state index contributed by atoms with van der Waals surface area (Å²) in [5.74, 6) is -0.121. The highest BCUT2D eigenvalue weighted by Crippen LogP contribution is 1.89. The third kappa shape index (κ3) is 2.35. The van der Waals surface area contributed by atoms with Crippen molar-refractivity contribution in [3.63, 3.8) is 0 Å². The molecular weight excluding hydrogens is 158 g/mol. The summed E-state index contributed by atoms with van der Waals surface area (Å²) < 4.78 is 0. The summed E-state index contributed by atoms with van der Waals surface area (Å²) in [5, 5.41) is 11.3. The van der Waals surface area contributed by atoms with Gasteiger partial charge in [0.25, 0.3) is 0 Å². The molecule has 0 spiro atoms. The number of H-pyrrole nitrogens is 1. The molecular formula is C7H11N3O2. The van der Waals surface area contributed by atoms with Crippen molar-refractivity contribution in [2.75, 3.05) is 0 Å². The van der Waals surface area contributed by atoms with Crippen LogP contribution in [0.4, 0.5) is 0 Å². The van der Waals surface area contributed by atoms with E-state index < -0.39 is 12.0 Å². The van der Waals surface area contributed by atoms with E-state index in [2.05, 4.69) is 15.3 Å². The van der Waals surface area contributed by atoms with Gasteiger partial charge in [0.2, 0.25) is 0 Å². The summed E-state index contributed by atoms with van der Waals surface area (Å²) in [6, 6.07) is -0.546. The van der Waals surface area contributed by atoms with E-state index in [1.165, 1.54) is 0 Å². The highest BCUT2D eigenvalue weighted by molar-refractivity contribution is 5.72. The van der Waals surface area contributed by atoms with Gasteiger partial charge in [0.15, 0.2) is 0 Å². The number of nitrogens with one attached hydrogen (secondary N) is 2. The summed E-state index contributed by atoms with van der Waals surface area (Å²) in [4.78, 5) is 17.2. The van der Waals surface area contributed by atoms with E-state index in [4.69, 9.17) is 5.11 Å². The first-order valence-electron chi connectivity index (χ1n) is 3.64. The number of hydrogen-bond donors (Lipinski definition) is 3. The van der Waals surface area contributed by atoms with Gasteiger partial charge in [-0.1, -0.05) is 0 Å². The fourth-order valence-electron chi connectivity index (χ4n) is 0.732. The SMILES string of the molecule is C[C@H](NCc1ncc[nH]1)C(=O)O. The van der Waals surface area contributed by atoms with Gasteiger partial charge in [-0.15, -0.1) is 0 Å². The van der Waals surface area contributed by atoms with Gasteiger partial charge in [-0.25, -0.2) is 4.98 Å². The van der Waals surface area contributed by atoms with Crippen LogP contribution in [0.25, 0.3) is 0 Å². The Balaban J connectivity index is 2.31. The van der Waals surface area contributed by atoms with Gasteiger partial charge in [-0.05, 0) is 6.92 Å². The largest absolute Gasteiger partial charge is 0.480 e. The van der Waals surface area contributed by atoms with E-state index >= 15 is 0 Å². The number of carboxylic acid groups (broad SMARTS) is 1. The maximum Gasteiger partial charge on any atom is 0.320 e. The second-order valence-corrected chi connectivity index (χ2v) is 2.48. The van der Waals surface area contributed by atoms with Gasteiger partial charge in [-0.2, -0.15) is 0 Å². The molecule has 5 nitrogen and oxygen atoms in total. The standard InChI is InChI=1S/C7H11N3O2/c1-5(7(11)12)10-4-6-8-2-3-9-6/h2-3,5,10H,4H2,1H3,(H,8,9)(H,11,12)/t5-/m0/s1. The number of carboxylic acids is 1. The Hall–Kier alpha value is -1.36. The van der Waals surface area contributed by atoms with Crippen LogP contribution in [0.1, 0.15) is 12.7 Å². The summed E-state index contributed by atoms with van der Waals surface area (Å²) in [6.07, 6.45) is 3.32. The van der Waals surface area contributed by atoms with Crippen LogP contribution >= 0.6 is 0 Å². The smallest absolute Gasteiger partial charge is 0.320 e.